The van der Waals surface area contributed by atoms with Crippen LogP contribution in [0.2, 0.25) is 0 Å². The Balaban J connectivity index is 2.11. The third-order valence-corrected chi connectivity index (χ3v) is 4.76. The van der Waals surface area contributed by atoms with Crippen LogP contribution < -0.4 is 5.73 Å². The fourth-order valence-electron chi connectivity index (χ4n) is 1.89. The van der Waals surface area contributed by atoms with Gasteiger partial charge in [0.25, 0.3) is 6.01 Å². The Morgan fingerprint density at radius 1 is 1.53 bits per heavy atom. The minimum atomic E-state index is -3.17. The summed E-state index contributed by atoms with van der Waals surface area (Å²) in [5.74, 6) is 0.913. The van der Waals surface area contributed by atoms with Crippen LogP contribution in [0.3, 0.4) is 0 Å². The van der Waals surface area contributed by atoms with Gasteiger partial charge in [0.15, 0.2) is 0 Å². The zero-order valence-electron chi connectivity index (χ0n) is 9.85. The molecule has 2 heterocycles. The molecule has 1 aromatic rings. The maximum absolute atomic E-state index is 12.0. The monoisotopic (exact) mass is 259 g/mol. The summed E-state index contributed by atoms with van der Waals surface area (Å²) in [5, 5.41) is 0. The average Bonchev–Trinajstić information content (AvgIpc) is 2.65. The third-order valence-electron chi connectivity index (χ3n) is 2.86. The van der Waals surface area contributed by atoms with Crippen LogP contribution in [-0.4, -0.2) is 30.0 Å². The van der Waals surface area contributed by atoms with Gasteiger partial charge in [-0.05, 0) is 6.42 Å². The predicted octanol–water partition coefficient (Wildman–Crippen LogP) is 0.745. The van der Waals surface area contributed by atoms with Crippen LogP contribution >= 0.6 is 0 Å². The molecular weight excluding hydrogens is 242 g/mol. The van der Waals surface area contributed by atoms with Gasteiger partial charge in [0.05, 0.1) is 18.0 Å². The number of anilines is 1. The van der Waals surface area contributed by atoms with E-state index < -0.39 is 10.0 Å². The predicted molar refractivity (Wildman–Crippen MR) is 63.7 cm³/mol. The van der Waals surface area contributed by atoms with Gasteiger partial charge in [-0.2, -0.15) is 9.29 Å². The number of hydrogen-bond acceptors (Lipinski definition) is 5. The summed E-state index contributed by atoms with van der Waals surface area (Å²) in [7, 11) is -3.17. The minimum Gasteiger partial charge on any atom is -0.429 e. The Bertz CT molecular complexity index is 495. The molecule has 0 aliphatic carbocycles. The number of rotatable bonds is 4. The number of aromatic nitrogens is 1. The van der Waals surface area contributed by atoms with E-state index in [1.54, 1.807) is 0 Å². The van der Waals surface area contributed by atoms with Gasteiger partial charge in [0.2, 0.25) is 10.0 Å². The van der Waals surface area contributed by atoms with Crippen molar-refractivity contribution in [2.45, 2.75) is 32.7 Å². The number of nitrogens with two attached hydrogens (primary N) is 1. The Labute approximate surface area is 101 Å². The third kappa shape index (κ3) is 2.61. The lowest BCUT2D eigenvalue weighted by atomic mass is 10.2. The topological polar surface area (TPSA) is 89.4 Å². The number of oxazole rings is 1. The highest BCUT2D eigenvalue weighted by Crippen LogP contribution is 2.23. The van der Waals surface area contributed by atoms with E-state index in [0.29, 0.717) is 30.8 Å². The molecule has 1 aliphatic rings. The highest BCUT2D eigenvalue weighted by molar-refractivity contribution is 7.89. The quantitative estimate of drug-likeness (QED) is 0.861. The van der Waals surface area contributed by atoms with Crippen molar-refractivity contribution in [1.82, 2.24) is 9.29 Å². The molecule has 0 fully saturated rings. The molecule has 1 aromatic heterocycles. The minimum absolute atomic E-state index is 0.114. The second kappa shape index (κ2) is 4.66. The summed E-state index contributed by atoms with van der Waals surface area (Å²) in [5.41, 5.74) is 6.09. The number of nitrogen functional groups attached to an aromatic ring is 1. The van der Waals surface area contributed by atoms with Gasteiger partial charge in [0, 0.05) is 13.0 Å². The van der Waals surface area contributed by atoms with Crippen molar-refractivity contribution in [2.75, 3.05) is 18.0 Å². The molecule has 0 aromatic carbocycles. The second-order valence-corrected chi connectivity index (χ2v) is 6.26. The zero-order valence-corrected chi connectivity index (χ0v) is 10.7. The van der Waals surface area contributed by atoms with E-state index in [4.69, 9.17) is 10.2 Å². The van der Waals surface area contributed by atoms with Crippen LogP contribution in [0, 0.1) is 0 Å². The summed E-state index contributed by atoms with van der Waals surface area (Å²) in [6.07, 6.45) is 2.10. The van der Waals surface area contributed by atoms with Crippen molar-refractivity contribution in [3.05, 3.63) is 11.5 Å². The highest BCUT2D eigenvalue weighted by atomic mass is 32.2. The molecule has 1 aliphatic heterocycles. The van der Waals surface area contributed by atoms with Crippen molar-refractivity contribution in [3.63, 3.8) is 0 Å². The van der Waals surface area contributed by atoms with E-state index in [0.717, 1.165) is 6.42 Å². The largest absolute Gasteiger partial charge is 0.429 e. The van der Waals surface area contributed by atoms with Gasteiger partial charge in [-0.15, -0.1) is 0 Å². The van der Waals surface area contributed by atoms with E-state index in [1.165, 1.54) is 4.31 Å². The van der Waals surface area contributed by atoms with Crippen LogP contribution in [0.25, 0.3) is 0 Å². The SMILES string of the molecule is CCCCS(=O)(=O)N1CCc2oc(N)nc2C1. The van der Waals surface area contributed by atoms with Crippen molar-refractivity contribution in [2.24, 2.45) is 0 Å². The van der Waals surface area contributed by atoms with Crippen molar-refractivity contribution < 1.29 is 12.8 Å². The fourth-order valence-corrected chi connectivity index (χ4v) is 3.49. The first-order valence-electron chi connectivity index (χ1n) is 5.75. The molecule has 0 unspecified atom stereocenters. The molecule has 0 saturated carbocycles. The smallest absolute Gasteiger partial charge is 0.292 e. The van der Waals surface area contributed by atoms with Gasteiger partial charge in [-0.1, -0.05) is 13.3 Å². The number of nitrogens with zero attached hydrogens (tertiary/aromatic N) is 2. The normalized spacial score (nSPS) is 17.0. The first-order chi connectivity index (χ1) is 8.03. The Morgan fingerprint density at radius 2 is 2.29 bits per heavy atom. The standard InChI is InChI=1S/C10H17N3O3S/c1-2-3-6-17(14,15)13-5-4-9-8(7-13)12-10(11)16-9/h2-7H2,1H3,(H2,11,12). The Hall–Kier alpha value is -1.08. The molecule has 0 saturated heterocycles. The zero-order chi connectivity index (χ0) is 12.5. The van der Waals surface area contributed by atoms with Crippen LogP contribution in [-0.2, 0) is 23.0 Å². The van der Waals surface area contributed by atoms with Crippen molar-refractivity contribution in [1.29, 1.82) is 0 Å². The lowest BCUT2D eigenvalue weighted by Gasteiger charge is -2.24. The molecule has 0 amide bonds. The maximum Gasteiger partial charge on any atom is 0.292 e. The Kier molecular flexibility index (Phi) is 3.39. The first-order valence-corrected chi connectivity index (χ1v) is 7.35. The number of fused-ring (bicyclic) bond motifs is 1. The van der Waals surface area contributed by atoms with E-state index in [9.17, 15) is 8.42 Å². The molecular formula is C10H17N3O3S. The molecule has 0 atom stereocenters. The van der Waals surface area contributed by atoms with Gasteiger partial charge in [-0.3, -0.25) is 0 Å². The summed E-state index contributed by atoms with van der Waals surface area (Å²) in [6.45, 7) is 2.71. The van der Waals surface area contributed by atoms with E-state index in [1.807, 2.05) is 6.92 Å². The molecule has 2 rings (SSSR count). The molecule has 0 bridgehead atoms. The molecule has 7 heteroatoms. The van der Waals surface area contributed by atoms with Gasteiger partial charge >= 0.3 is 0 Å². The van der Waals surface area contributed by atoms with Gasteiger partial charge < -0.3 is 10.2 Å². The number of unbranched alkanes of at least 4 members (excludes halogenated alkanes) is 1. The van der Waals surface area contributed by atoms with Crippen LogP contribution in [0.4, 0.5) is 6.01 Å². The van der Waals surface area contributed by atoms with Crippen molar-refractivity contribution in [3.8, 4) is 0 Å². The Morgan fingerprint density at radius 3 is 3.00 bits per heavy atom. The highest BCUT2D eigenvalue weighted by Gasteiger charge is 2.29. The molecule has 2 N–H and O–H groups in total. The summed E-state index contributed by atoms with van der Waals surface area (Å²) in [4.78, 5) is 4.00. The first kappa shape index (κ1) is 12.4. The molecule has 6 nitrogen and oxygen atoms in total. The number of sulfonamides is 1. The average molecular weight is 259 g/mol. The summed E-state index contributed by atoms with van der Waals surface area (Å²) in [6, 6.07) is 0.114. The van der Waals surface area contributed by atoms with Crippen LogP contribution in [0.5, 0.6) is 0 Å². The molecule has 96 valence electrons. The molecule has 0 spiro atoms. The molecule has 0 radical (unpaired) electrons. The van der Waals surface area contributed by atoms with E-state index in [2.05, 4.69) is 4.98 Å². The summed E-state index contributed by atoms with van der Waals surface area (Å²) < 4.78 is 30.7. The maximum atomic E-state index is 12.0. The molecule has 17 heavy (non-hydrogen) atoms. The van der Waals surface area contributed by atoms with Crippen LogP contribution in [0.1, 0.15) is 31.2 Å². The van der Waals surface area contributed by atoms with Gasteiger partial charge in [0.1, 0.15) is 5.76 Å². The second-order valence-electron chi connectivity index (χ2n) is 4.18. The van der Waals surface area contributed by atoms with E-state index in [-0.39, 0.29) is 18.3 Å². The van der Waals surface area contributed by atoms with E-state index >= 15 is 0 Å². The lowest BCUT2D eigenvalue weighted by molar-refractivity contribution is 0.362. The number of hydrogen-bond donors (Lipinski definition) is 1. The van der Waals surface area contributed by atoms with Gasteiger partial charge in [-0.25, -0.2) is 8.42 Å². The van der Waals surface area contributed by atoms with Crippen LogP contribution in [0.15, 0.2) is 4.42 Å². The van der Waals surface area contributed by atoms with Crippen molar-refractivity contribution >= 4 is 16.0 Å². The fraction of sp³-hybridized carbons (Fsp3) is 0.700. The lowest BCUT2D eigenvalue weighted by Crippen LogP contribution is -2.37. The summed E-state index contributed by atoms with van der Waals surface area (Å²) >= 11 is 0.